The van der Waals surface area contributed by atoms with Crippen molar-refractivity contribution in [3.05, 3.63) is 29.3 Å². The molecule has 1 heterocycles. The Morgan fingerprint density at radius 1 is 1.33 bits per heavy atom. The molecule has 4 heteroatoms. The van der Waals surface area contributed by atoms with Gasteiger partial charge in [0.1, 0.15) is 11.5 Å². The van der Waals surface area contributed by atoms with Crippen molar-refractivity contribution in [3.63, 3.8) is 0 Å². The lowest BCUT2D eigenvalue weighted by Gasteiger charge is -2.09. The van der Waals surface area contributed by atoms with Gasteiger partial charge in [-0.25, -0.2) is 8.78 Å². The van der Waals surface area contributed by atoms with Crippen LogP contribution in [0.2, 0.25) is 0 Å². The number of hydrogen-bond donors (Lipinski definition) is 1. The van der Waals surface area contributed by atoms with Crippen LogP contribution in [0.25, 0.3) is 0 Å². The number of hydroxylamine groups is 1. The first kappa shape index (κ1) is 7.49. The Morgan fingerprint density at radius 2 is 2.08 bits per heavy atom. The summed E-state index contributed by atoms with van der Waals surface area (Å²) >= 11 is 0. The van der Waals surface area contributed by atoms with E-state index in [2.05, 4.69) is 0 Å². The van der Waals surface area contributed by atoms with Crippen LogP contribution in [0.3, 0.4) is 0 Å². The highest BCUT2D eigenvalue weighted by atomic mass is 19.1. The van der Waals surface area contributed by atoms with Crippen molar-refractivity contribution >= 4 is 5.69 Å². The Morgan fingerprint density at radius 3 is 2.83 bits per heavy atom. The first-order valence-electron chi connectivity index (χ1n) is 3.63. The Hall–Kier alpha value is -1.16. The predicted molar refractivity (Wildman–Crippen MR) is 39.2 cm³/mol. The molecule has 1 aromatic rings. The molecule has 2 nitrogen and oxygen atoms in total. The van der Waals surface area contributed by atoms with Gasteiger partial charge in [0.15, 0.2) is 5.82 Å². The molecule has 0 amide bonds. The summed E-state index contributed by atoms with van der Waals surface area (Å²) in [7, 11) is 0. The van der Waals surface area contributed by atoms with Gasteiger partial charge in [-0.15, -0.1) is 0 Å². The van der Waals surface area contributed by atoms with Gasteiger partial charge in [-0.3, -0.25) is 10.3 Å². The third-order valence-corrected chi connectivity index (χ3v) is 1.96. The predicted octanol–water partition coefficient (Wildman–Crippen LogP) is 1.72. The fraction of sp³-hybridized carbons (Fsp3) is 0.250. The van der Waals surface area contributed by atoms with Gasteiger partial charge < -0.3 is 0 Å². The summed E-state index contributed by atoms with van der Waals surface area (Å²) in [6, 6.07) is 2.02. The van der Waals surface area contributed by atoms with Gasteiger partial charge in [-0.05, 0) is 18.1 Å². The molecule has 0 atom stereocenters. The molecule has 0 unspecified atom stereocenters. The van der Waals surface area contributed by atoms with Crippen LogP contribution in [0.1, 0.15) is 5.56 Å². The van der Waals surface area contributed by atoms with E-state index in [1.807, 2.05) is 0 Å². The van der Waals surface area contributed by atoms with Crippen molar-refractivity contribution in [2.75, 3.05) is 11.6 Å². The lowest BCUT2D eigenvalue weighted by Crippen LogP contribution is -2.14. The number of benzene rings is 1. The summed E-state index contributed by atoms with van der Waals surface area (Å²) in [6.45, 7) is 0.329. The zero-order valence-corrected chi connectivity index (χ0v) is 6.22. The average Bonchev–Trinajstić information content (AvgIpc) is 2.31. The SMILES string of the molecule is ON1CCc2cc(F)cc(F)c21. The average molecular weight is 171 g/mol. The van der Waals surface area contributed by atoms with Crippen molar-refractivity contribution in [2.45, 2.75) is 6.42 Å². The highest BCUT2D eigenvalue weighted by Gasteiger charge is 2.22. The fourth-order valence-electron chi connectivity index (χ4n) is 1.44. The zero-order valence-electron chi connectivity index (χ0n) is 6.22. The highest BCUT2D eigenvalue weighted by Crippen LogP contribution is 2.29. The molecule has 0 radical (unpaired) electrons. The molecule has 12 heavy (non-hydrogen) atoms. The molecular weight excluding hydrogens is 164 g/mol. The normalized spacial score (nSPS) is 15.1. The maximum atomic E-state index is 13.0. The van der Waals surface area contributed by atoms with E-state index in [4.69, 9.17) is 5.21 Å². The van der Waals surface area contributed by atoms with Gasteiger partial charge in [0.25, 0.3) is 0 Å². The van der Waals surface area contributed by atoms with E-state index in [9.17, 15) is 8.78 Å². The molecule has 1 N–H and O–H groups in total. The third-order valence-electron chi connectivity index (χ3n) is 1.96. The first-order chi connectivity index (χ1) is 5.68. The minimum absolute atomic E-state index is 0.108. The standard InChI is InChI=1S/C8H7F2NO/c9-6-3-5-1-2-11(12)8(5)7(10)4-6/h3-4,12H,1-2H2. The molecule has 1 aliphatic rings. The Labute approximate surface area is 68.0 Å². The van der Waals surface area contributed by atoms with Crippen molar-refractivity contribution in [3.8, 4) is 0 Å². The van der Waals surface area contributed by atoms with Gasteiger partial charge in [0.05, 0.1) is 0 Å². The number of anilines is 1. The van der Waals surface area contributed by atoms with Crippen LogP contribution >= 0.6 is 0 Å². The minimum atomic E-state index is -0.704. The molecule has 0 aliphatic carbocycles. The summed E-state index contributed by atoms with van der Waals surface area (Å²) < 4.78 is 25.6. The van der Waals surface area contributed by atoms with E-state index < -0.39 is 11.6 Å². The van der Waals surface area contributed by atoms with E-state index >= 15 is 0 Å². The Bertz CT molecular complexity index is 327. The maximum absolute atomic E-state index is 13.0. The van der Waals surface area contributed by atoms with Crippen LogP contribution in [0.4, 0.5) is 14.5 Å². The molecule has 0 aromatic heterocycles. The number of rotatable bonds is 0. The second-order valence-corrected chi connectivity index (χ2v) is 2.77. The molecule has 1 aromatic carbocycles. The lowest BCUT2D eigenvalue weighted by atomic mass is 10.1. The smallest absolute Gasteiger partial charge is 0.152 e. The topological polar surface area (TPSA) is 23.5 Å². The molecule has 2 rings (SSSR count). The second-order valence-electron chi connectivity index (χ2n) is 2.77. The number of halogens is 2. The second kappa shape index (κ2) is 2.42. The Balaban J connectivity index is 2.60. The number of fused-ring (bicyclic) bond motifs is 1. The van der Waals surface area contributed by atoms with Gasteiger partial charge in [-0.1, -0.05) is 0 Å². The fourth-order valence-corrected chi connectivity index (χ4v) is 1.44. The van der Waals surface area contributed by atoms with Gasteiger partial charge in [0.2, 0.25) is 0 Å². The lowest BCUT2D eigenvalue weighted by molar-refractivity contribution is 0.261. The van der Waals surface area contributed by atoms with E-state index in [-0.39, 0.29) is 5.69 Å². The molecule has 0 saturated heterocycles. The highest BCUT2D eigenvalue weighted by molar-refractivity contribution is 5.56. The summed E-state index contributed by atoms with van der Waals surface area (Å²) in [5.74, 6) is -1.30. The van der Waals surface area contributed by atoms with Crippen molar-refractivity contribution < 1.29 is 14.0 Å². The summed E-state index contributed by atoms with van der Waals surface area (Å²) in [5, 5.41) is 9.93. The third kappa shape index (κ3) is 0.956. The van der Waals surface area contributed by atoms with Gasteiger partial charge in [0, 0.05) is 12.6 Å². The maximum Gasteiger partial charge on any atom is 0.152 e. The van der Waals surface area contributed by atoms with Crippen LogP contribution in [-0.2, 0) is 6.42 Å². The zero-order chi connectivity index (χ0) is 8.72. The number of nitrogens with zero attached hydrogens (tertiary/aromatic N) is 1. The Kier molecular flexibility index (Phi) is 1.51. The molecular formula is C8H7F2NO. The van der Waals surface area contributed by atoms with E-state index in [0.29, 0.717) is 18.5 Å². The van der Waals surface area contributed by atoms with E-state index in [0.717, 1.165) is 11.1 Å². The van der Waals surface area contributed by atoms with Crippen molar-refractivity contribution in [1.29, 1.82) is 0 Å². The van der Waals surface area contributed by atoms with Crippen molar-refractivity contribution in [1.82, 2.24) is 0 Å². The van der Waals surface area contributed by atoms with Crippen LogP contribution in [-0.4, -0.2) is 11.8 Å². The van der Waals surface area contributed by atoms with Crippen LogP contribution in [0.5, 0.6) is 0 Å². The summed E-state index contributed by atoms with van der Waals surface area (Å²) in [4.78, 5) is 0. The van der Waals surface area contributed by atoms with E-state index in [1.165, 1.54) is 6.07 Å². The molecule has 0 saturated carbocycles. The summed E-state index contributed by atoms with van der Waals surface area (Å²) in [5.41, 5.74) is 0.631. The molecule has 0 spiro atoms. The minimum Gasteiger partial charge on any atom is -0.288 e. The van der Waals surface area contributed by atoms with Crippen molar-refractivity contribution in [2.24, 2.45) is 0 Å². The monoisotopic (exact) mass is 171 g/mol. The van der Waals surface area contributed by atoms with Gasteiger partial charge >= 0.3 is 0 Å². The number of hydrogen-bond acceptors (Lipinski definition) is 2. The quantitative estimate of drug-likeness (QED) is 0.642. The van der Waals surface area contributed by atoms with Crippen LogP contribution in [0.15, 0.2) is 12.1 Å². The van der Waals surface area contributed by atoms with E-state index in [1.54, 1.807) is 0 Å². The first-order valence-corrected chi connectivity index (χ1v) is 3.63. The molecule has 1 aliphatic heterocycles. The van der Waals surface area contributed by atoms with Crippen LogP contribution in [0, 0.1) is 11.6 Å². The molecule has 0 bridgehead atoms. The van der Waals surface area contributed by atoms with Gasteiger partial charge in [-0.2, -0.15) is 0 Å². The molecule has 0 fully saturated rings. The largest absolute Gasteiger partial charge is 0.288 e. The molecule has 64 valence electrons. The summed E-state index contributed by atoms with van der Waals surface area (Å²) in [6.07, 6.45) is 0.487. The van der Waals surface area contributed by atoms with Crippen LogP contribution < -0.4 is 5.06 Å².